The van der Waals surface area contributed by atoms with Crippen LogP contribution in [0.25, 0.3) is 5.69 Å². The summed E-state index contributed by atoms with van der Waals surface area (Å²) in [7, 11) is 0. The van der Waals surface area contributed by atoms with Gasteiger partial charge in [0.15, 0.2) is 0 Å². The van der Waals surface area contributed by atoms with E-state index in [1.54, 1.807) is 34.0 Å². The van der Waals surface area contributed by atoms with E-state index in [1.165, 1.54) is 0 Å². The Balaban J connectivity index is 1.60. The summed E-state index contributed by atoms with van der Waals surface area (Å²) in [5, 5.41) is 11.8. The van der Waals surface area contributed by atoms with Crippen LogP contribution in [0.15, 0.2) is 49.1 Å². The van der Waals surface area contributed by atoms with Crippen LogP contribution in [0.5, 0.6) is 0 Å². The Morgan fingerprint density at radius 3 is 2.78 bits per heavy atom. The summed E-state index contributed by atoms with van der Waals surface area (Å²) >= 11 is 6.14. The molecule has 7 heteroatoms. The van der Waals surface area contributed by atoms with Gasteiger partial charge in [0.2, 0.25) is 5.91 Å². The van der Waals surface area contributed by atoms with Crippen LogP contribution in [0.3, 0.4) is 0 Å². The van der Waals surface area contributed by atoms with Crippen molar-refractivity contribution in [1.29, 1.82) is 0 Å². The minimum atomic E-state index is -0.0862. The molecule has 0 bridgehead atoms. The molecule has 6 nitrogen and oxygen atoms in total. The molecule has 0 aliphatic carbocycles. The van der Waals surface area contributed by atoms with E-state index in [1.807, 2.05) is 31.3 Å². The highest BCUT2D eigenvalue weighted by Gasteiger charge is 2.08. The topological polar surface area (TPSA) is 64.7 Å². The normalized spacial score (nSPS) is 10.7. The Labute approximate surface area is 138 Å². The van der Waals surface area contributed by atoms with Gasteiger partial charge in [0.25, 0.3) is 0 Å². The number of hydrogen-bond donors (Lipinski definition) is 1. The van der Waals surface area contributed by atoms with Gasteiger partial charge in [0.05, 0.1) is 35.0 Å². The molecule has 3 rings (SSSR count). The Morgan fingerprint density at radius 2 is 2.04 bits per heavy atom. The number of aryl methyl sites for hydroxylation is 2. The highest BCUT2D eigenvalue weighted by atomic mass is 35.5. The van der Waals surface area contributed by atoms with Crippen LogP contribution in [0.1, 0.15) is 12.0 Å². The standard InChI is InChI=1S/C16H16ClN5O/c1-12-8-18-21(10-12)7-6-16(23)20-13-9-19-22(11-13)15-5-3-2-4-14(15)17/h2-5,8-11H,6-7H2,1H3,(H,20,23). The third-order valence-corrected chi connectivity index (χ3v) is 3.62. The molecule has 3 aromatic rings. The van der Waals surface area contributed by atoms with Crippen molar-refractivity contribution in [3.05, 3.63) is 59.6 Å². The van der Waals surface area contributed by atoms with Crippen molar-refractivity contribution >= 4 is 23.2 Å². The molecule has 0 atom stereocenters. The largest absolute Gasteiger partial charge is 0.323 e. The Morgan fingerprint density at radius 1 is 1.22 bits per heavy atom. The number of benzene rings is 1. The second kappa shape index (κ2) is 6.66. The lowest BCUT2D eigenvalue weighted by Gasteiger charge is -2.04. The summed E-state index contributed by atoms with van der Waals surface area (Å²) in [6.07, 6.45) is 7.35. The molecule has 118 valence electrons. The zero-order chi connectivity index (χ0) is 16.2. The molecule has 0 radical (unpaired) electrons. The number of hydrogen-bond acceptors (Lipinski definition) is 3. The second-order valence-corrected chi connectivity index (χ2v) is 5.61. The molecule has 23 heavy (non-hydrogen) atoms. The van der Waals surface area contributed by atoms with Crippen LogP contribution >= 0.6 is 11.6 Å². The monoisotopic (exact) mass is 329 g/mol. The SMILES string of the molecule is Cc1cnn(CCC(=O)Nc2cnn(-c3ccccc3Cl)c2)c1. The molecule has 1 amide bonds. The number of carbonyl (C=O) groups excluding carboxylic acids is 1. The summed E-state index contributed by atoms with van der Waals surface area (Å²) in [6.45, 7) is 2.50. The molecule has 2 aromatic heterocycles. The molecule has 0 saturated carbocycles. The Bertz CT molecular complexity index is 823. The number of nitrogens with one attached hydrogen (secondary N) is 1. The second-order valence-electron chi connectivity index (χ2n) is 5.20. The minimum Gasteiger partial charge on any atom is -0.323 e. The molecule has 0 saturated heterocycles. The zero-order valence-electron chi connectivity index (χ0n) is 12.6. The predicted octanol–water partition coefficient (Wildman–Crippen LogP) is 3.06. The molecule has 1 aromatic carbocycles. The fourth-order valence-corrected chi connectivity index (χ4v) is 2.41. The number of rotatable bonds is 5. The maximum atomic E-state index is 12.0. The third kappa shape index (κ3) is 3.78. The number of anilines is 1. The lowest BCUT2D eigenvalue weighted by molar-refractivity contribution is -0.116. The van der Waals surface area contributed by atoms with Crippen molar-refractivity contribution in [1.82, 2.24) is 19.6 Å². The number of para-hydroxylation sites is 1. The molecular formula is C16H16ClN5O. The van der Waals surface area contributed by atoms with Crippen molar-refractivity contribution in [2.75, 3.05) is 5.32 Å². The van der Waals surface area contributed by atoms with Gasteiger partial charge >= 0.3 is 0 Å². The van der Waals surface area contributed by atoms with E-state index in [0.29, 0.717) is 23.7 Å². The molecule has 0 fully saturated rings. The molecule has 0 spiro atoms. The lowest BCUT2D eigenvalue weighted by atomic mass is 10.3. The maximum absolute atomic E-state index is 12.0. The van der Waals surface area contributed by atoms with E-state index in [2.05, 4.69) is 15.5 Å². The van der Waals surface area contributed by atoms with E-state index < -0.39 is 0 Å². The molecule has 0 unspecified atom stereocenters. The highest BCUT2D eigenvalue weighted by molar-refractivity contribution is 6.32. The van der Waals surface area contributed by atoms with Crippen LogP contribution in [0.4, 0.5) is 5.69 Å². The van der Waals surface area contributed by atoms with Gasteiger partial charge in [-0.15, -0.1) is 0 Å². The van der Waals surface area contributed by atoms with Crippen LogP contribution in [0.2, 0.25) is 5.02 Å². The minimum absolute atomic E-state index is 0.0862. The van der Waals surface area contributed by atoms with Crippen molar-refractivity contribution in [2.45, 2.75) is 19.9 Å². The molecule has 0 aliphatic heterocycles. The van der Waals surface area contributed by atoms with E-state index >= 15 is 0 Å². The first-order valence-electron chi connectivity index (χ1n) is 7.20. The Hall–Kier alpha value is -2.60. The molecular weight excluding hydrogens is 314 g/mol. The predicted molar refractivity (Wildman–Crippen MR) is 88.8 cm³/mol. The summed E-state index contributed by atoms with van der Waals surface area (Å²) in [5.41, 5.74) is 2.47. The molecule has 2 heterocycles. The van der Waals surface area contributed by atoms with Gasteiger partial charge in [-0.05, 0) is 24.6 Å². The van der Waals surface area contributed by atoms with Crippen LogP contribution in [0, 0.1) is 6.92 Å². The molecule has 0 aliphatic rings. The quantitative estimate of drug-likeness (QED) is 0.782. The molecule has 1 N–H and O–H groups in total. The summed E-state index contributed by atoms with van der Waals surface area (Å²) in [5.74, 6) is -0.0862. The number of nitrogens with zero attached hydrogens (tertiary/aromatic N) is 4. The summed E-state index contributed by atoms with van der Waals surface area (Å²) < 4.78 is 3.39. The first-order chi connectivity index (χ1) is 11.1. The summed E-state index contributed by atoms with van der Waals surface area (Å²) in [6, 6.07) is 7.39. The third-order valence-electron chi connectivity index (χ3n) is 3.30. The van der Waals surface area contributed by atoms with Gasteiger partial charge in [0, 0.05) is 19.2 Å². The smallest absolute Gasteiger partial charge is 0.226 e. The van der Waals surface area contributed by atoms with E-state index in [9.17, 15) is 4.79 Å². The Kier molecular flexibility index (Phi) is 4.43. The van der Waals surface area contributed by atoms with Crippen LogP contribution in [-0.4, -0.2) is 25.5 Å². The fourth-order valence-electron chi connectivity index (χ4n) is 2.19. The average Bonchev–Trinajstić information content (AvgIpc) is 3.15. The van der Waals surface area contributed by atoms with Crippen molar-refractivity contribution in [3.8, 4) is 5.69 Å². The van der Waals surface area contributed by atoms with Gasteiger partial charge in [-0.1, -0.05) is 23.7 Å². The number of carbonyl (C=O) groups is 1. The van der Waals surface area contributed by atoms with E-state index in [4.69, 9.17) is 11.6 Å². The van der Waals surface area contributed by atoms with Crippen LogP contribution < -0.4 is 5.32 Å². The highest BCUT2D eigenvalue weighted by Crippen LogP contribution is 2.20. The first kappa shape index (κ1) is 15.3. The van der Waals surface area contributed by atoms with Gasteiger partial charge in [-0.3, -0.25) is 9.48 Å². The van der Waals surface area contributed by atoms with Gasteiger partial charge in [-0.2, -0.15) is 10.2 Å². The zero-order valence-corrected chi connectivity index (χ0v) is 13.4. The first-order valence-corrected chi connectivity index (χ1v) is 7.58. The van der Waals surface area contributed by atoms with Gasteiger partial charge < -0.3 is 5.32 Å². The average molecular weight is 330 g/mol. The van der Waals surface area contributed by atoms with E-state index in [0.717, 1.165) is 11.3 Å². The van der Waals surface area contributed by atoms with Gasteiger partial charge in [0.1, 0.15) is 0 Å². The number of amides is 1. The van der Waals surface area contributed by atoms with Gasteiger partial charge in [-0.25, -0.2) is 4.68 Å². The lowest BCUT2D eigenvalue weighted by Crippen LogP contribution is -2.14. The number of halogens is 1. The van der Waals surface area contributed by atoms with Crippen LogP contribution in [-0.2, 0) is 11.3 Å². The van der Waals surface area contributed by atoms with Crippen molar-refractivity contribution in [2.24, 2.45) is 0 Å². The maximum Gasteiger partial charge on any atom is 0.226 e. The summed E-state index contributed by atoms with van der Waals surface area (Å²) in [4.78, 5) is 12.0. The van der Waals surface area contributed by atoms with Crippen molar-refractivity contribution < 1.29 is 4.79 Å². The fraction of sp³-hybridized carbons (Fsp3) is 0.188. The number of aromatic nitrogens is 4. The van der Waals surface area contributed by atoms with E-state index in [-0.39, 0.29) is 5.91 Å². The van der Waals surface area contributed by atoms with Crippen molar-refractivity contribution in [3.63, 3.8) is 0 Å².